The van der Waals surface area contributed by atoms with E-state index in [-0.39, 0.29) is 22.8 Å². The molecular weight excluding hydrogens is 403 g/mol. The largest absolute Gasteiger partial charge is 0.417 e. The van der Waals surface area contributed by atoms with Crippen LogP contribution in [0.4, 0.5) is 13.2 Å². The molecule has 1 heterocycles. The van der Waals surface area contributed by atoms with Crippen LogP contribution < -0.4 is 0 Å². The second kappa shape index (κ2) is 8.35. The van der Waals surface area contributed by atoms with E-state index in [0.717, 1.165) is 18.2 Å². The first-order valence-corrected chi connectivity index (χ1v) is 9.66. The zero-order valence-corrected chi connectivity index (χ0v) is 17.0. The normalized spacial score (nSPS) is 11.8. The molecule has 0 N–H and O–H groups in total. The summed E-state index contributed by atoms with van der Waals surface area (Å²) in [6, 6.07) is 20.2. The smallest absolute Gasteiger partial charge is 0.334 e. The van der Waals surface area contributed by atoms with Gasteiger partial charge in [0.2, 0.25) is 5.82 Å². The molecule has 0 saturated heterocycles. The Bertz CT molecular complexity index is 1170. The van der Waals surface area contributed by atoms with Crippen LogP contribution in [0.25, 0.3) is 34.0 Å². The molecular formula is C24H20F3N3O. The minimum atomic E-state index is -4.52. The molecule has 0 spiro atoms. The Balaban J connectivity index is 1.67. The van der Waals surface area contributed by atoms with Crippen molar-refractivity contribution in [3.05, 3.63) is 83.9 Å². The predicted octanol–water partition coefficient (Wildman–Crippen LogP) is 6.15. The topological polar surface area (TPSA) is 42.2 Å². The molecule has 0 bridgehead atoms. The summed E-state index contributed by atoms with van der Waals surface area (Å²) in [5.74, 6) is 0.365. The first-order chi connectivity index (χ1) is 14.8. The third-order valence-electron chi connectivity index (χ3n) is 4.79. The van der Waals surface area contributed by atoms with Crippen LogP contribution in [0.5, 0.6) is 0 Å². The number of halogens is 3. The van der Waals surface area contributed by atoms with Crippen LogP contribution in [0.1, 0.15) is 11.1 Å². The van der Waals surface area contributed by atoms with E-state index in [2.05, 4.69) is 15.0 Å². The van der Waals surface area contributed by atoms with Crippen molar-refractivity contribution in [2.24, 2.45) is 0 Å². The van der Waals surface area contributed by atoms with Crippen LogP contribution in [0.15, 0.2) is 77.3 Å². The van der Waals surface area contributed by atoms with Gasteiger partial charge in [0.25, 0.3) is 5.89 Å². The zero-order chi connectivity index (χ0) is 22.0. The van der Waals surface area contributed by atoms with Crippen LogP contribution in [0.2, 0.25) is 0 Å². The average Bonchev–Trinajstić information content (AvgIpc) is 3.24. The maximum Gasteiger partial charge on any atom is 0.417 e. The van der Waals surface area contributed by atoms with Crippen molar-refractivity contribution in [3.8, 4) is 34.0 Å². The van der Waals surface area contributed by atoms with E-state index in [0.29, 0.717) is 11.1 Å². The van der Waals surface area contributed by atoms with E-state index in [4.69, 9.17) is 4.52 Å². The van der Waals surface area contributed by atoms with Crippen molar-refractivity contribution in [2.45, 2.75) is 12.7 Å². The molecule has 31 heavy (non-hydrogen) atoms. The summed E-state index contributed by atoms with van der Waals surface area (Å²) in [7, 11) is 3.97. The Labute approximate surface area is 178 Å². The highest BCUT2D eigenvalue weighted by Crippen LogP contribution is 2.39. The quantitative estimate of drug-likeness (QED) is 0.386. The van der Waals surface area contributed by atoms with Crippen molar-refractivity contribution in [1.29, 1.82) is 0 Å². The van der Waals surface area contributed by atoms with Gasteiger partial charge in [-0.3, -0.25) is 0 Å². The summed E-state index contributed by atoms with van der Waals surface area (Å²) in [6.07, 6.45) is -4.52. The molecule has 158 valence electrons. The van der Waals surface area contributed by atoms with Crippen molar-refractivity contribution in [2.75, 3.05) is 14.1 Å². The number of rotatable bonds is 5. The molecule has 0 unspecified atom stereocenters. The highest BCUT2D eigenvalue weighted by atomic mass is 19.4. The summed E-state index contributed by atoms with van der Waals surface area (Å²) >= 11 is 0. The highest BCUT2D eigenvalue weighted by molar-refractivity contribution is 5.72. The van der Waals surface area contributed by atoms with E-state index in [1.165, 1.54) is 6.07 Å². The number of hydrogen-bond acceptors (Lipinski definition) is 4. The minimum absolute atomic E-state index is 0.108. The van der Waals surface area contributed by atoms with Gasteiger partial charge in [-0.05, 0) is 49.0 Å². The summed E-state index contributed by atoms with van der Waals surface area (Å²) in [4.78, 5) is 6.36. The number of alkyl halides is 3. The van der Waals surface area contributed by atoms with E-state index in [1.54, 1.807) is 36.4 Å². The summed E-state index contributed by atoms with van der Waals surface area (Å²) < 4.78 is 46.6. The molecule has 0 aliphatic carbocycles. The molecule has 0 atom stereocenters. The van der Waals surface area contributed by atoms with Crippen LogP contribution in [-0.4, -0.2) is 29.1 Å². The number of hydrogen-bond donors (Lipinski definition) is 0. The van der Waals surface area contributed by atoms with Gasteiger partial charge in [-0.15, -0.1) is 0 Å². The van der Waals surface area contributed by atoms with Crippen LogP contribution >= 0.6 is 0 Å². The van der Waals surface area contributed by atoms with Crippen LogP contribution in [0.3, 0.4) is 0 Å². The van der Waals surface area contributed by atoms with Gasteiger partial charge in [0.1, 0.15) is 0 Å². The van der Waals surface area contributed by atoms with Gasteiger partial charge in [-0.25, -0.2) is 0 Å². The molecule has 3 aromatic carbocycles. The maximum absolute atomic E-state index is 13.8. The Morgan fingerprint density at radius 1 is 0.839 bits per heavy atom. The van der Waals surface area contributed by atoms with E-state index < -0.39 is 11.7 Å². The second-order valence-electron chi connectivity index (χ2n) is 7.48. The van der Waals surface area contributed by atoms with E-state index in [1.807, 2.05) is 38.4 Å². The molecule has 0 amide bonds. The number of benzene rings is 3. The Morgan fingerprint density at radius 2 is 1.52 bits per heavy atom. The van der Waals surface area contributed by atoms with E-state index in [9.17, 15) is 13.2 Å². The van der Waals surface area contributed by atoms with Crippen LogP contribution in [-0.2, 0) is 12.7 Å². The molecule has 4 aromatic rings. The van der Waals surface area contributed by atoms with Gasteiger partial charge in [0.15, 0.2) is 0 Å². The fourth-order valence-corrected chi connectivity index (χ4v) is 3.36. The maximum atomic E-state index is 13.8. The summed E-state index contributed by atoms with van der Waals surface area (Å²) in [5.41, 5.74) is 1.94. The fraction of sp³-hybridized carbons (Fsp3) is 0.167. The molecule has 7 heteroatoms. The van der Waals surface area contributed by atoms with Crippen molar-refractivity contribution in [1.82, 2.24) is 15.0 Å². The van der Waals surface area contributed by atoms with Gasteiger partial charge in [-0.2, -0.15) is 18.2 Å². The van der Waals surface area contributed by atoms with Crippen molar-refractivity contribution < 1.29 is 17.7 Å². The molecule has 0 aliphatic rings. The molecule has 0 fully saturated rings. The first-order valence-electron chi connectivity index (χ1n) is 9.66. The van der Waals surface area contributed by atoms with Gasteiger partial charge >= 0.3 is 6.18 Å². The average molecular weight is 423 g/mol. The van der Waals surface area contributed by atoms with Gasteiger partial charge in [0.05, 0.1) is 5.56 Å². The monoisotopic (exact) mass is 423 g/mol. The second-order valence-corrected chi connectivity index (χ2v) is 7.48. The Kier molecular flexibility index (Phi) is 5.61. The summed E-state index contributed by atoms with van der Waals surface area (Å²) in [6.45, 7) is 0.795. The SMILES string of the molecule is CN(C)Cc1ccc(-c2nc(-c3ccc(-c4ccccc4)c(C(F)(F)F)c3)no2)cc1. The summed E-state index contributed by atoms with van der Waals surface area (Å²) in [5, 5.41) is 3.90. The Morgan fingerprint density at radius 3 is 2.16 bits per heavy atom. The van der Waals surface area contributed by atoms with Gasteiger partial charge < -0.3 is 9.42 Å². The van der Waals surface area contributed by atoms with Crippen LogP contribution in [0, 0.1) is 0 Å². The third kappa shape index (κ3) is 4.67. The third-order valence-corrected chi connectivity index (χ3v) is 4.79. The molecule has 0 aliphatic heterocycles. The van der Waals surface area contributed by atoms with Crippen molar-refractivity contribution in [3.63, 3.8) is 0 Å². The molecule has 4 nitrogen and oxygen atoms in total. The predicted molar refractivity (Wildman–Crippen MR) is 113 cm³/mol. The van der Waals surface area contributed by atoms with Crippen molar-refractivity contribution >= 4 is 0 Å². The zero-order valence-electron chi connectivity index (χ0n) is 17.0. The molecule has 0 saturated carbocycles. The lowest BCUT2D eigenvalue weighted by molar-refractivity contribution is -0.137. The minimum Gasteiger partial charge on any atom is -0.334 e. The lowest BCUT2D eigenvalue weighted by Crippen LogP contribution is -2.10. The number of nitrogens with zero attached hydrogens (tertiary/aromatic N) is 3. The number of aromatic nitrogens is 2. The lowest BCUT2D eigenvalue weighted by Gasteiger charge is -2.14. The van der Waals surface area contributed by atoms with Gasteiger partial charge in [-0.1, -0.05) is 59.8 Å². The lowest BCUT2D eigenvalue weighted by atomic mass is 9.97. The molecule has 4 rings (SSSR count). The fourth-order valence-electron chi connectivity index (χ4n) is 3.36. The molecule has 0 radical (unpaired) electrons. The first kappa shape index (κ1) is 20.8. The highest BCUT2D eigenvalue weighted by Gasteiger charge is 2.34. The standard InChI is InChI=1S/C24H20F3N3O/c1-30(2)15-16-8-10-18(11-9-16)23-28-22(29-31-23)19-12-13-20(17-6-4-3-5-7-17)21(14-19)24(25,26)27/h3-14H,15H2,1-2H3. The molecule has 1 aromatic heterocycles. The Hall–Kier alpha value is -3.45. The van der Waals surface area contributed by atoms with Gasteiger partial charge in [0, 0.05) is 17.7 Å². The van der Waals surface area contributed by atoms with E-state index >= 15 is 0 Å².